The number of primary amides is 1. The first-order valence-electron chi connectivity index (χ1n) is 8.29. The van der Waals surface area contributed by atoms with Gasteiger partial charge in [-0.05, 0) is 19.9 Å². The molecule has 1 aromatic heterocycles. The van der Waals surface area contributed by atoms with Crippen molar-refractivity contribution in [2.75, 3.05) is 6.61 Å². The molecule has 7 nitrogen and oxygen atoms in total. The molecule has 0 spiro atoms. The van der Waals surface area contributed by atoms with Crippen LogP contribution in [-0.2, 0) is 4.79 Å². The van der Waals surface area contributed by atoms with E-state index in [4.69, 9.17) is 10.5 Å². The number of fused-ring (bicyclic) bond motifs is 3. The van der Waals surface area contributed by atoms with Gasteiger partial charge in [0.1, 0.15) is 17.2 Å². The minimum absolute atomic E-state index is 0.0131. The Labute approximate surface area is 164 Å². The third kappa shape index (κ3) is 4.13. The second-order valence-electron chi connectivity index (χ2n) is 6.84. The summed E-state index contributed by atoms with van der Waals surface area (Å²) in [6.07, 6.45) is -0.241. The van der Waals surface area contributed by atoms with Crippen molar-refractivity contribution >= 4 is 23.2 Å². The normalized spacial score (nSPS) is 15.4. The molecular weight excluding hydrogens is 387 g/mol. The van der Waals surface area contributed by atoms with Gasteiger partial charge in [0.15, 0.2) is 5.01 Å². The third-order valence-corrected chi connectivity index (χ3v) is 5.16. The Morgan fingerprint density at radius 2 is 2.18 bits per heavy atom. The fourth-order valence-corrected chi connectivity index (χ4v) is 3.73. The summed E-state index contributed by atoms with van der Waals surface area (Å²) in [5, 5.41) is 19.0. The van der Waals surface area contributed by atoms with Crippen molar-refractivity contribution in [2.24, 2.45) is 5.73 Å². The maximum absolute atomic E-state index is 14.5. The number of carboxylic acids is 1. The Kier molecular flexibility index (Phi) is 5.10. The fourth-order valence-electron chi connectivity index (χ4n) is 2.71. The van der Waals surface area contributed by atoms with E-state index in [1.165, 1.54) is 19.9 Å². The topological polar surface area (TPSA) is 123 Å². The van der Waals surface area contributed by atoms with E-state index >= 15 is 0 Å². The minimum atomic E-state index is -1.31. The molecule has 1 atom stereocenters. The smallest absolute Gasteiger partial charge is 0.304 e. The number of benzene rings is 1. The van der Waals surface area contributed by atoms with E-state index in [0.717, 1.165) is 17.4 Å². The summed E-state index contributed by atoms with van der Waals surface area (Å²) in [6, 6.07) is 2.55. The van der Waals surface area contributed by atoms with Crippen LogP contribution in [0.5, 0.6) is 5.75 Å². The van der Waals surface area contributed by atoms with Crippen molar-refractivity contribution in [3.8, 4) is 28.8 Å². The highest BCUT2D eigenvalue weighted by molar-refractivity contribution is 7.14. The molecule has 146 valence electrons. The Morgan fingerprint density at radius 3 is 2.79 bits per heavy atom. The van der Waals surface area contributed by atoms with Gasteiger partial charge in [-0.3, -0.25) is 9.59 Å². The average Bonchev–Trinajstić information content (AvgIpc) is 2.97. The summed E-state index contributed by atoms with van der Waals surface area (Å²) in [6.45, 7) is 2.93. The highest BCUT2D eigenvalue weighted by atomic mass is 32.1. The number of rotatable bonds is 3. The largest absolute Gasteiger partial charge is 0.492 e. The summed E-state index contributed by atoms with van der Waals surface area (Å²) in [5.41, 5.74) is 4.74. The van der Waals surface area contributed by atoms with Crippen molar-refractivity contribution in [3.05, 3.63) is 33.4 Å². The van der Waals surface area contributed by atoms with Gasteiger partial charge in [0.25, 0.3) is 5.91 Å². The number of ether oxygens (including phenoxy) is 1. The SMILES string of the molecule is CC(C)(O)C#Cc1cc2c(cc1F)OCC(CC(=O)O)c1sc(C(N)=O)nc1-2. The molecule has 28 heavy (non-hydrogen) atoms. The number of nitrogens with zero attached hydrogens (tertiary/aromatic N) is 1. The van der Waals surface area contributed by atoms with E-state index < -0.39 is 29.2 Å². The molecular formula is C19H17FN2O5S. The molecule has 1 aliphatic rings. The van der Waals surface area contributed by atoms with Crippen molar-refractivity contribution in [3.63, 3.8) is 0 Å². The Balaban J connectivity index is 2.19. The molecule has 2 heterocycles. The number of hydrogen-bond donors (Lipinski definition) is 3. The van der Waals surface area contributed by atoms with Crippen LogP contribution in [0.1, 0.15) is 46.4 Å². The Bertz CT molecular complexity index is 1030. The van der Waals surface area contributed by atoms with Gasteiger partial charge in [-0.15, -0.1) is 11.3 Å². The summed E-state index contributed by atoms with van der Waals surface area (Å²) in [7, 11) is 0. The number of carbonyl (C=O) groups is 2. The van der Waals surface area contributed by atoms with E-state index in [2.05, 4.69) is 16.8 Å². The predicted octanol–water partition coefficient (Wildman–Crippen LogP) is 2.12. The fraction of sp³-hybridized carbons (Fsp3) is 0.316. The molecule has 0 saturated heterocycles. The molecule has 9 heteroatoms. The maximum Gasteiger partial charge on any atom is 0.304 e. The molecule has 2 aromatic rings. The van der Waals surface area contributed by atoms with E-state index in [0.29, 0.717) is 16.1 Å². The van der Waals surface area contributed by atoms with Crippen LogP contribution in [0.25, 0.3) is 11.3 Å². The van der Waals surface area contributed by atoms with Crippen molar-refractivity contribution in [1.29, 1.82) is 0 Å². The average molecular weight is 404 g/mol. The van der Waals surface area contributed by atoms with E-state index in [9.17, 15) is 24.2 Å². The van der Waals surface area contributed by atoms with Gasteiger partial charge in [0, 0.05) is 22.4 Å². The van der Waals surface area contributed by atoms with Crippen LogP contribution < -0.4 is 10.5 Å². The number of nitrogens with two attached hydrogens (primary N) is 1. The number of thiazole rings is 1. The lowest BCUT2D eigenvalue weighted by atomic mass is 9.99. The molecule has 0 bridgehead atoms. The molecule has 0 radical (unpaired) electrons. The number of hydrogen-bond acceptors (Lipinski definition) is 6. The Morgan fingerprint density at radius 1 is 1.46 bits per heavy atom. The predicted molar refractivity (Wildman–Crippen MR) is 99.7 cm³/mol. The quantitative estimate of drug-likeness (QED) is 0.674. The molecule has 1 aromatic carbocycles. The first-order valence-corrected chi connectivity index (χ1v) is 9.11. The number of carbonyl (C=O) groups excluding carboxylic acids is 1. The van der Waals surface area contributed by atoms with E-state index in [1.54, 1.807) is 0 Å². The summed E-state index contributed by atoms with van der Waals surface area (Å²) in [4.78, 5) is 27.6. The monoisotopic (exact) mass is 404 g/mol. The molecule has 3 rings (SSSR count). The van der Waals surface area contributed by atoms with Gasteiger partial charge in [-0.2, -0.15) is 0 Å². The lowest BCUT2D eigenvalue weighted by molar-refractivity contribution is -0.137. The zero-order chi connectivity index (χ0) is 20.6. The van der Waals surface area contributed by atoms with Gasteiger partial charge in [-0.1, -0.05) is 11.8 Å². The Hall–Kier alpha value is -2.96. The number of halogens is 1. The van der Waals surface area contributed by atoms with Gasteiger partial charge in [0.05, 0.1) is 24.3 Å². The first kappa shape index (κ1) is 19.8. The van der Waals surface area contributed by atoms with Gasteiger partial charge < -0.3 is 20.7 Å². The number of aliphatic hydroxyl groups is 1. The number of amides is 1. The molecule has 4 N–H and O–H groups in total. The van der Waals surface area contributed by atoms with Crippen LogP contribution in [0.3, 0.4) is 0 Å². The van der Waals surface area contributed by atoms with Gasteiger partial charge >= 0.3 is 5.97 Å². The molecule has 1 aliphatic heterocycles. The standard InChI is InChI=1S/C19H17FN2O5S/c1-19(2,26)4-3-9-5-11-13(7-12(9)20)27-8-10(6-14(23)24)16-15(11)22-18(28-16)17(21)25/h5,7,10,26H,6,8H2,1-2H3,(H2,21,25)(H,23,24). The van der Waals surface area contributed by atoms with Gasteiger partial charge in [-0.25, -0.2) is 9.37 Å². The van der Waals surface area contributed by atoms with Crippen LogP contribution >= 0.6 is 11.3 Å². The highest BCUT2D eigenvalue weighted by Gasteiger charge is 2.31. The minimum Gasteiger partial charge on any atom is -0.492 e. The third-order valence-electron chi connectivity index (χ3n) is 3.92. The molecule has 0 aliphatic carbocycles. The van der Waals surface area contributed by atoms with Crippen LogP contribution in [0, 0.1) is 17.7 Å². The summed E-state index contributed by atoms with van der Waals surface area (Å²) in [5.74, 6) is 2.29. The number of aliphatic carboxylic acids is 1. The van der Waals surface area contributed by atoms with Gasteiger partial charge in [0.2, 0.25) is 0 Å². The summed E-state index contributed by atoms with van der Waals surface area (Å²) < 4.78 is 20.1. The lowest BCUT2D eigenvalue weighted by Crippen LogP contribution is -2.14. The molecule has 1 amide bonds. The van der Waals surface area contributed by atoms with Crippen molar-refractivity contribution < 1.29 is 28.9 Å². The molecule has 0 fully saturated rings. The zero-order valence-electron chi connectivity index (χ0n) is 15.1. The van der Waals surface area contributed by atoms with E-state index in [-0.39, 0.29) is 29.3 Å². The lowest BCUT2D eigenvalue weighted by Gasteiger charge is -2.12. The molecule has 0 saturated carbocycles. The highest BCUT2D eigenvalue weighted by Crippen LogP contribution is 2.43. The first-order chi connectivity index (χ1) is 13.0. The summed E-state index contributed by atoms with van der Waals surface area (Å²) >= 11 is 0.999. The second-order valence-corrected chi connectivity index (χ2v) is 7.87. The maximum atomic E-state index is 14.5. The van der Waals surface area contributed by atoms with Crippen molar-refractivity contribution in [1.82, 2.24) is 4.98 Å². The number of aromatic nitrogens is 1. The van der Waals surface area contributed by atoms with Crippen LogP contribution in [-0.4, -0.2) is 39.3 Å². The van der Waals surface area contributed by atoms with Crippen molar-refractivity contribution in [2.45, 2.75) is 31.8 Å². The zero-order valence-corrected chi connectivity index (χ0v) is 15.9. The second kappa shape index (κ2) is 7.22. The number of carboxylic acid groups (broad SMARTS) is 1. The van der Waals surface area contributed by atoms with Crippen LogP contribution in [0.2, 0.25) is 0 Å². The molecule has 1 unspecified atom stereocenters. The van der Waals surface area contributed by atoms with E-state index in [1.807, 2.05) is 0 Å². The van der Waals surface area contributed by atoms with Crippen LogP contribution in [0.15, 0.2) is 12.1 Å². The van der Waals surface area contributed by atoms with Crippen LogP contribution in [0.4, 0.5) is 4.39 Å².